The summed E-state index contributed by atoms with van der Waals surface area (Å²) in [6, 6.07) is 52.9. The van der Waals surface area contributed by atoms with E-state index in [9.17, 15) is 19.2 Å². The van der Waals surface area contributed by atoms with Gasteiger partial charge in [-0.05, 0) is 147 Å². The third-order valence-electron chi connectivity index (χ3n) is 15.1. The zero-order chi connectivity index (χ0) is 62.0. The number of fused-ring (bicyclic) bond motifs is 8. The molecule has 1 aliphatic rings. The van der Waals surface area contributed by atoms with Gasteiger partial charge in [0, 0.05) is 66.3 Å². The molecule has 0 saturated carbocycles. The summed E-state index contributed by atoms with van der Waals surface area (Å²) in [6.45, 7) is 12.0. The Morgan fingerprint density at radius 3 is 0.593 bits per heavy atom. The lowest BCUT2D eigenvalue weighted by Crippen LogP contribution is -2.32. The summed E-state index contributed by atoms with van der Waals surface area (Å²) >= 11 is 0. The number of rotatable bonds is 16. The van der Waals surface area contributed by atoms with Crippen LogP contribution in [0, 0.1) is 34.0 Å². The van der Waals surface area contributed by atoms with Crippen LogP contribution >= 0.6 is 0 Å². The molecule has 86 heavy (non-hydrogen) atoms. The van der Waals surface area contributed by atoms with E-state index < -0.39 is 45.5 Å². The highest BCUT2D eigenvalue weighted by atomic mass is 16.6. The summed E-state index contributed by atoms with van der Waals surface area (Å²) in [6.07, 6.45) is 0. The molecule has 6 N–H and O–H groups in total. The predicted octanol–water partition coefficient (Wildman–Crippen LogP) is 9.70. The van der Waals surface area contributed by atoms with Crippen molar-refractivity contribution in [3.8, 4) is 41.2 Å². The van der Waals surface area contributed by atoms with Crippen molar-refractivity contribution in [2.75, 3.05) is 54.9 Å². The van der Waals surface area contributed by atoms with E-state index in [-0.39, 0.29) is 31.9 Å². The molecule has 0 spiro atoms. The fourth-order valence-corrected chi connectivity index (χ4v) is 10.1. The highest BCUT2D eigenvalue weighted by Gasteiger charge is 2.44. The highest BCUT2D eigenvalue weighted by molar-refractivity contribution is 5.72. The Morgan fingerprint density at radius 1 is 0.326 bits per heavy atom. The lowest BCUT2D eigenvalue weighted by Gasteiger charge is -2.34. The number of hydrogen-bond donors (Lipinski definition) is 4. The zero-order valence-corrected chi connectivity index (χ0v) is 49.9. The molecule has 0 atom stereocenters. The molecule has 8 bridgehead atoms. The third kappa shape index (κ3) is 14.1. The summed E-state index contributed by atoms with van der Waals surface area (Å²) in [4.78, 5) is 63.9. The summed E-state index contributed by atoms with van der Waals surface area (Å²) in [5.74, 6) is 0.0499. The van der Waals surface area contributed by atoms with E-state index in [1.165, 1.54) is 49.2 Å². The van der Waals surface area contributed by atoms with Gasteiger partial charge in [0.2, 0.25) is 0 Å². The van der Waals surface area contributed by atoms with Gasteiger partial charge in [-0.15, -0.1) is 0 Å². The van der Waals surface area contributed by atoms with E-state index in [0.29, 0.717) is 23.0 Å². The number of esters is 4. The molecule has 0 amide bonds. The molecule has 4 aromatic carbocycles. The maximum absolute atomic E-state index is 12.0. The van der Waals surface area contributed by atoms with Gasteiger partial charge >= 0.3 is 23.9 Å². The maximum atomic E-state index is 12.0. The smallest absolute Gasteiger partial charge is 0.343 e. The largest absolute Gasteiger partial charge is 0.482 e. The Labute approximate surface area is 499 Å². The number of carbonyl (C=O) groups is 4. The van der Waals surface area contributed by atoms with Gasteiger partial charge in [-0.2, -0.15) is 15.8 Å². The summed E-state index contributed by atoms with van der Waals surface area (Å²) < 4.78 is 42.5. The SMILES string of the molecule is CC#N.CC#N.CC#N.COC(=O)COc1ccc(C2(C)c3ccc([nH]3)C(C)(c3ccc(OCC(=O)OC)cc3)c3ccc([nH]3)C(C)(c3ccc(OCC(=O)OC)cc3)c3ccc([nH]3)C(C)(c3ccc(OCC(=O)OC)cc3)c3ccc2[nH]3)cc1.O. The zero-order valence-electron chi connectivity index (χ0n) is 49.9. The van der Waals surface area contributed by atoms with Gasteiger partial charge < -0.3 is 63.3 Å². The molecule has 0 fully saturated rings. The van der Waals surface area contributed by atoms with Crippen LogP contribution in [0.1, 0.15) is 116 Å². The number of carbonyl (C=O) groups excluding carboxylic acids is 4. The summed E-state index contributed by atoms with van der Waals surface area (Å²) in [5.41, 5.74) is 7.23. The fraction of sp³-hybridized carbons (Fsp3) is 0.288. The second-order valence-electron chi connectivity index (χ2n) is 19.9. The van der Waals surface area contributed by atoms with Crippen LogP contribution in [0.3, 0.4) is 0 Å². The number of nitrogens with zero attached hydrogens (tertiary/aromatic N) is 3. The first kappa shape index (κ1) is 66.3. The van der Waals surface area contributed by atoms with Gasteiger partial charge in [-0.25, -0.2) is 19.2 Å². The number of aromatic nitrogens is 4. The number of benzene rings is 4. The van der Waals surface area contributed by atoms with Crippen molar-refractivity contribution in [2.45, 2.75) is 70.1 Å². The summed E-state index contributed by atoms with van der Waals surface area (Å²) in [7, 11) is 5.28. The van der Waals surface area contributed by atoms with Crippen LogP contribution in [-0.4, -0.2) is 104 Å². The van der Waals surface area contributed by atoms with Crippen LogP contribution in [0.2, 0.25) is 0 Å². The Hall–Kier alpha value is -10.5. The Morgan fingerprint density at radius 2 is 0.465 bits per heavy atom. The lowest BCUT2D eigenvalue weighted by molar-refractivity contribution is -0.143. The first-order valence-corrected chi connectivity index (χ1v) is 26.8. The second-order valence-corrected chi connectivity index (χ2v) is 19.9. The molecule has 0 saturated heterocycles. The molecule has 8 aromatic rings. The van der Waals surface area contributed by atoms with E-state index in [1.807, 2.05) is 97.1 Å². The summed E-state index contributed by atoms with van der Waals surface area (Å²) in [5, 5.41) is 22.0. The number of ether oxygens (including phenoxy) is 8. The van der Waals surface area contributed by atoms with Crippen molar-refractivity contribution in [1.29, 1.82) is 15.8 Å². The number of aromatic amines is 4. The van der Waals surface area contributed by atoms with Crippen LogP contribution in [0.25, 0.3) is 0 Å². The van der Waals surface area contributed by atoms with Gasteiger partial charge in [0.1, 0.15) is 23.0 Å². The fourth-order valence-electron chi connectivity index (χ4n) is 10.1. The van der Waals surface area contributed by atoms with Crippen LogP contribution in [-0.2, 0) is 59.8 Å². The molecule has 0 aliphatic carbocycles. The number of nitrogens with one attached hydrogen (secondary N) is 4. The van der Waals surface area contributed by atoms with Crippen molar-refractivity contribution in [2.24, 2.45) is 0 Å². The topological polar surface area (TPSA) is 308 Å². The van der Waals surface area contributed by atoms with Crippen LogP contribution < -0.4 is 18.9 Å². The third-order valence-corrected chi connectivity index (χ3v) is 15.1. The van der Waals surface area contributed by atoms with Crippen molar-refractivity contribution >= 4 is 23.9 Å². The van der Waals surface area contributed by atoms with Crippen LogP contribution in [0.5, 0.6) is 23.0 Å². The number of H-pyrrole nitrogens is 4. The molecule has 4 aromatic heterocycles. The lowest BCUT2D eigenvalue weighted by atomic mass is 9.76. The van der Waals surface area contributed by atoms with E-state index in [4.69, 9.17) is 53.7 Å². The van der Waals surface area contributed by atoms with Crippen molar-refractivity contribution < 1.29 is 62.5 Å². The molecular weight excluding hydrogens is 1100 g/mol. The number of nitriles is 3. The quantitative estimate of drug-likeness (QED) is 0.0517. The number of methoxy groups -OCH3 is 4. The molecule has 5 heterocycles. The molecule has 20 nitrogen and oxygen atoms in total. The molecule has 0 unspecified atom stereocenters. The van der Waals surface area contributed by atoms with Gasteiger partial charge in [0.05, 0.1) is 68.3 Å². The van der Waals surface area contributed by atoms with Crippen LogP contribution in [0.15, 0.2) is 146 Å². The molecule has 20 heteroatoms. The standard InChI is InChI=1S/C60H60N4O12.3C2H3N.H2O/c1-57(37-9-17-41(18-10-37)73-33-53(65)69-5)45-25-27-47(61-45)58(2,38-11-19-42(20-12-38)74-34-54(66)70-6)49-29-31-51(63-49)60(4,40-15-23-44(24-16-40)76-36-56(68)72-8)52-32-30-50(64-52)59(3,48-28-26-46(57)62-48)39-13-21-43(22-14-39)75-35-55(67)71-7;3*1-2-3;/h9-32,61-64H,33-36H2,1-8H3;3*1H3;1H2. The first-order chi connectivity index (χ1) is 40.8. The van der Waals surface area contributed by atoms with E-state index in [2.05, 4.69) is 96.2 Å². The maximum Gasteiger partial charge on any atom is 0.343 e. The second kappa shape index (κ2) is 29.7. The average Bonchev–Trinajstić information content (AvgIpc) is 1.95. The highest BCUT2D eigenvalue weighted by Crippen LogP contribution is 2.48. The van der Waals surface area contributed by atoms with E-state index >= 15 is 0 Å². The van der Waals surface area contributed by atoms with Gasteiger partial charge in [-0.1, -0.05) is 48.5 Å². The first-order valence-electron chi connectivity index (χ1n) is 26.8. The van der Waals surface area contributed by atoms with Crippen molar-refractivity contribution in [3.63, 3.8) is 0 Å². The van der Waals surface area contributed by atoms with Gasteiger partial charge in [0.15, 0.2) is 26.4 Å². The molecule has 448 valence electrons. The van der Waals surface area contributed by atoms with Gasteiger partial charge in [0.25, 0.3) is 0 Å². The number of hydrogen-bond acceptors (Lipinski definition) is 15. The van der Waals surface area contributed by atoms with Crippen LogP contribution in [0.4, 0.5) is 0 Å². The van der Waals surface area contributed by atoms with E-state index in [1.54, 1.807) is 18.2 Å². The predicted molar refractivity (Wildman–Crippen MR) is 319 cm³/mol. The van der Waals surface area contributed by atoms with Crippen molar-refractivity contribution in [3.05, 3.63) is 213 Å². The Kier molecular flexibility index (Phi) is 22.9. The average molecular weight is 1170 g/mol. The Bertz CT molecular complexity index is 3120. The molecule has 1 aliphatic heterocycles. The Balaban J connectivity index is 0.00000127. The normalized spacial score (nSPS) is 17.7. The minimum absolute atomic E-state index is 0. The van der Waals surface area contributed by atoms with Gasteiger partial charge in [-0.3, -0.25) is 0 Å². The molecule has 9 rings (SSSR count). The van der Waals surface area contributed by atoms with Crippen molar-refractivity contribution in [1.82, 2.24) is 19.9 Å². The molecular formula is C66H71N7O13. The molecule has 0 radical (unpaired) electrons. The monoisotopic (exact) mass is 1170 g/mol. The minimum atomic E-state index is -0.861. The minimum Gasteiger partial charge on any atom is -0.482 e. The van der Waals surface area contributed by atoms with E-state index in [0.717, 1.165) is 67.8 Å².